The van der Waals surface area contributed by atoms with Crippen molar-refractivity contribution in [1.29, 1.82) is 0 Å². The Bertz CT molecular complexity index is 698. The Labute approximate surface area is 151 Å². The highest BCUT2D eigenvalue weighted by atomic mass is 16.1. The Morgan fingerprint density at radius 3 is 1.96 bits per heavy atom. The van der Waals surface area contributed by atoms with Crippen LogP contribution in [-0.4, -0.2) is 11.6 Å². The van der Waals surface area contributed by atoms with Gasteiger partial charge in [0.2, 0.25) is 0 Å². The number of Topliss-reactive ketones (excluding diaryl/α,β-unsaturated/α-hetero) is 2. The third kappa shape index (κ3) is 7.04. The second kappa shape index (κ2) is 9.93. The van der Waals surface area contributed by atoms with Crippen LogP contribution in [0.5, 0.6) is 0 Å². The fraction of sp³-hybridized carbons (Fsp3) is 0.391. The highest BCUT2D eigenvalue weighted by molar-refractivity contribution is 5.81. The summed E-state index contributed by atoms with van der Waals surface area (Å²) in [6.07, 6.45) is 4.97. The Morgan fingerprint density at radius 1 is 0.720 bits per heavy atom. The summed E-state index contributed by atoms with van der Waals surface area (Å²) in [5, 5.41) is 0. The molecule has 0 aromatic heterocycles. The Morgan fingerprint density at radius 2 is 1.32 bits per heavy atom. The number of benzene rings is 2. The van der Waals surface area contributed by atoms with Crippen LogP contribution in [0, 0.1) is 13.8 Å². The zero-order valence-corrected chi connectivity index (χ0v) is 15.4. The van der Waals surface area contributed by atoms with Gasteiger partial charge in [0, 0.05) is 25.7 Å². The summed E-state index contributed by atoms with van der Waals surface area (Å²) < 4.78 is 0. The van der Waals surface area contributed by atoms with Gasteiger partial charge in [-0.15, -0.1) is 0 Å². The normalized spacial score (nSPS) is 10.6. The predicted octanol–water partition coefficient (Wildman–Crippen LogP) is 5.18. The van der Waals surface area contributed by atoms with Gasteiger partial charge >= 0.3 is 0 Å². The minimum absolute atomic E-state index is 0.287. The first-order valence-electron chi connectivity index (χ1n) is 9.18. The number of rotatable bonds is 10. The molecule has 0 N–H and O–H groups in total. The topological polar surface area (TPSA) is 34.1 Å². The molecule has 2 rings (SSSR count). The first kappa shape index (κ1) is 19.1. The summed E-state index contributed by atoms with van der Waals surface area (Å²) in [7, 11) is 0. The highest BCUT2D eigenvalue weighted by Gasteiger charge is 2.07. The zero-order chi connectivity index (χ0) is 18.1. The molecular weight excluding hydrogens is 308 g/mol. The maximum Gasteiger partial charge on any atom is 0.137 e. The lowest BCUT2D eigenvalue weighted by Crippen LogP contribution is -2.05. The monoisotopic (exact) mass is 336 g/mol. The number of carbonyl (C=O) groups is 2. The van der Waals surface area contributed by atoms with E-state index in [0.717, 1.165) is 30.4 Å². The molecule has 2 aromatic carbocycles. The van der Waals surface area contributed by atoms with Crippen molar-refractivity contribution >= 4 is 11.6 Å². The third-order valence-corrected chi connectivity index (χ3v) is 4.58. The average Bonchev–Trinajstić information content (AvgIpc) is 2.59. The summed E-state index contributed by atoms with van der Waals surface area (Å²) in [6, 6.07) is 16.2. The maximum atomic E-state index is 12.1. The molecule has 0 bridgehead atoms. The van der Waals surface area contributed by atoms with E-state index in [1.54, 1.807) is 0 Å². The molecule has 0 aliphatic heterocycles. The van der Waals surface area contributed by atoms with Crippen LogP contribution in [0.1, 0.15) is 54.4 Å². The summed E-state index contributed by atoms with van der Waals surface area (Å²) in [5.41, 5.74) is 4.61. The van der Waals surface area contributed by atoms with Crippen LogP contribution in [0.25, 0.3) is 0 Å². The van der Waals surface area contributed by atoms with Crippen LogP contribution < -0.4 is 0 Å². The molecule has 0 unspecified atom stereocenters. The molecule has 2 aromatic rings. The van der Waals surface area contributed by atoms with Crippen LogP contribution in [0.2, 0.25) is 0 Å². The van der Waals surface area contributed by atoms with E-state index >= 15 is 0 Å². The first-order valence-corrected chi connectivity index (χ1v) is 9.18. The molecule has 132 valence electrons. The van der Waals surface area contributed by atoms with Crippen LogP contribution in [0.3, 0.4) is 0 Å². The van der Waals surface area contributed by atoms with Crippen molar-refractivity contribution in [2.45, 2.75) is 58.8 Å². The van der Waals surface area contributed by atoms with Crippen molar-refractivity contribution in [1.82, 2.24) is 0 Å². The molecule has 0 saturated heterocycles. The van der Waals surface area contributed by atoms with Crippen LogP contribution in [-0.2, 0) is 22.4 Å². The molecule has 25 heavy (non-hydrogen) atoms. The van der Waals surface area contributed by atoms with Crippen LogP contribution in [0.4, 0.5) is 0 Å². The van der Waals surface area contributed by atoms with Crippen molar-refractivity contribution < 1.29 is 9.59 Å². The van der Waals surface area contributed by atoms with Gasteiger partial charge in [-0.25, -0.2) is 0 Å². The molecule has 0 aliphatic carbocycles. The standard InChI is InChI=1S/C23H28O2/c1-18-12-14-20(15-13-18)16-22(24)10-4-3-5-11-23(25)17-21-9-7-6-8-19(21)2/h6-9,12-15H,3-5,10-11,16-17H2,1-2H3. The van der Waals surface area contributed by atoms with Crippen molar-refractivity contribution in [3.8, 4) is 0 Å². The van der Waals surface area contributed by atoms with E-state index in [0.29, 0.717) is 31.5 Å². The SMILES string of the molecule is Cc1ccc(CC(=O)CCCCCC(=O)Cc2ccccc2C)cc1. The van der Waals surface area contributed by atoms with Gasteiger partial charge in [-0.05, 0) is 43.4 Å². The number of hydrogen-bond acceptors (Lipinski definition) is 2. The summed E-state index contributed by atoms with van der Waals surface area (Å²) in [5.74, 6) is 0.579. The van der Waals surface area contributed by atoms with E-state index in [1.165, 1.54) is 11.1 Å². The van der Waals surface area contributed by atoms with Crippen molar-refractivity contribution in [3.05, 3.63) is 70.8 Å². The Hall–Kier alpha value is -2.22. The zero-order valence-electron chi connectivity index (χ0n) is 15.4. The summed E-state index contributed by atoms with van der Waals surface area (Å²) >= 11 is 0. The number of hydrogen-bond donors (Lipinski definition) is 0. The smallest absolute Gasteiger partial charge is 0.137 e. The molecule has 2 nitrogen and oxygen atoms in total. The number of unbranched alkanes of at least 4 members (excludes halogenated alkanes) is 2. The molecule has 0 atom stereocenters. The van der Waals surface area contributed by atoms with E-state index in [4.69, 9.17) is 0 Å². The third-order valence-electron chi connectivity index (χ3n) is 4.58. The molecule has 0 heterocycles. The van der Waals surface area contributed by atoms with Gasteiger partial charge in [-0.3, -0.25) is 9.59 Å². The van der Waals surface area contributed by atoms with Crippen molar-refractivity contribution in [3.63, 3.8) is 0 Å². The lowest BCUT2D eigenvalue weighted by Gasteiger charge is -2.05. The van der Waals surface area contributed by atoms with Gasteiger partial charge in [0.25, 0.3) is 0 Å². The van der Waals surface area contributed by atoms with E-state index in [9.17, 15) is 9.59 Å². The molecule has 0 spiro atoms. The number of carbonyl (C=O) groups excluding carboxylic acids is 2. The quantitative estimate of drug-likeness (QED) is 0.560. The van der Waals surface area contributed by atoms with Crippen LogP contribution >= 0.6 is 0 Å². The minimum atomic E-state index is 0.287. The van der Waals surface area contributed by atoms with Gasteiger partial charge in [0.05, 0.1) is 0 Å². The second-order valence-electron chi connectivity index (χ2n) is 6.90. The number of ketones is 2. The molecule has 0 aliphatic rings. The first-order chi connectivity index (χ1) is 12.0. The van der Waals surface area contributed by atoms with Crippen molar-refractivity contribution in [2.75, 3.05) is 0 Å². The lowest BCUT2D eigenvalue weighted by atomic mass is 9.99. The van der Waals surface area contributed by atoms with E-state index in [-0.39, 0.29) is 5.78 Å². The minimum Gasteiger partial charge on any atom is -0.299 e. The molecular formula is C23H28O2. The molecule has 0 saturated carbocycles. The number of aryl methyl sites for hydroxylation is 2. The van der Waals surface area contributed by atoms with Gasteiger partial charge in [-0.1, -0.05) is 60.5 Å². The Balaban J connectivity index is 1.59. The average molecular weight is 336 g/mol. The maximum absolute atomic E-state index is 12.1. The molecule has 0 amide bonds. The molecule has 2 heteroatoms. The predicted molar refractivity (Wildman–Crippen MR) is 103 cm³/mol. The highest BCUT2D eigenvalue weighted by Crippen LogP contribution is 2.12. The van der Waals surface area contributed by atoms with E-state index in [2.05, 4.69) is 0 Å². The van der Waals surface area contributed by atoms with Gasteiger partial charge < -0.3 is 0 Å². The molecule has 0 fully saturated rings. The summed E-state index contributed by atoms with van der Waals surface area (Å²) in [6.45, 7) is 4.09. The lowest BCUT2D eigenvalue weighted by molar-refractivity contribution is -0.118. The largest absolute Gasteiger partial charge is 0.299 e. The van der Waals surface area contributed by atoms with Crippen molar-refractivity contribution in [2.24, 2.45) is 0 Å². The fourth-order valence-electron chi connectivity index (χ4n) is 2.95. The van der Waals surface area contributed by atoms with Gasteiger partial charge in [0.15, 0.2) is 0 Å². The van der Waals surface area contributed by atoms with E-state index < -0.39 is 0 Å². The second-order valence-corrected chi connectivity index (χ2v) is 6.90. The fourth-order valence-corrected chi connectivity index (χ4v) is 2.95. The van der Waals surface area contributed by atoms with Crippen LogP contribution in [0.15, 0.2) is 48.5 Å². The van der Waals surface area contributed by atoms with Gasteiger partial charge in [-0.2, -0.15) is 0 Å². The molecule has 0 radical (unpaired) electrons. The summed E-state index contributed by atoms with van der Waals surface area (Å²) in [4.78, 5) is 24.1. The van der Waals surface area contributed by atoms with Gasteiger partial charge in [0.1, 0.15) is 11.6 Å². The van der Waals surface area contributed by atoms with E-state index in [1.807, 2.05) is 62.4 Å². The Kier molecular flexibility index (Phi) is 7.59.